The Bertz CT molecular complexity index is 554. The van der Waals surface area contributed by atoms with Crippen molar-refractivity contribution in [3.8, 4) is 11.5 Å². The van der Waals surface area contributed by atoms with Gasteiger partial charge in [-0.05, 0) is 47.2 Å². The minimum Gasteiger partial charge on any atom is -0.481 e. The standard InChI is InChI=1S/C12H11IN2O3/c13-9-4-1-3-8(7-9)12-15-14-10(18-12)5-2-6-11(16)17/h1,3-4,7H,2,5-6H2,(H,16,17). The molecule has 0 aliphatic heterocycles. The first kappa shape index (κ1) is 13.0. The number of hydrogen-bond donors (Lipinski definition) is 1. The van der Waals surface area contributed by atoms with Gasteiger partial charge in [-0.15, -0.1) is 10.2 Å². The lowest BCUT2D eigenvalue weighted by molar-refractivity contribution is -0.137. The number of carboxylic acid groups (broad SMARTS) is 1. The highest BCUT2D eigenvalue weighted by Gasteiger charge is 2.09. The molecule has 2 rings (SSSR count). The largest absolute Gasteiger partial charge is 0.481 e. The van der Waals surface area contributed by atoms with Crippen LogP contribution in [0.3, 0.4) is 0 Å². The van der Waals surface area contributed by atoms with Crippen LogP contribution in [0.4, 0.5) is 0 Å². The zero-order chi connectivity index (χ0) is 13.0. The second-order valence-corrected chi connectivity index (χ2v) is 5.00. The zero-order valence-electron chi connectivity index (χ0n) is 9.47. The van der Waals surface area contributed by atoms with E-state index in [-0.39, 0.29) is 6.42 Å². The van der Waals surface area contributed by atoms with Crippen LogP contribution in [0.25, 0.3) is 11.5 Å². The molecule has 0 fully saturated rings. The summed E-state index contributed by atoms with van der Waals surface area (Å²) >= 11 is 2.21. The lowest BCUT2D eigenvalue weighted by atomic mass is 10.2. The number of carbonyl (C=O) groups is 1. The second-order valence-electron chi connectivity index (χ2n) is 3.76. The Kier molecular flexibility index (Phi) is 4.29. The number of nitrogens with zero attached hydrogens (tertiary/aromatic N) is 2. The Hall–Kier alpha value is -1.44. The fourth-order valence-corrected chi connectivity index (χ4v) is 2.03. The SMILES string of the molecule is O=C(O)CCCc1nnc(-c2cccc(I)c2)o1. The molecule has 1 heterocycles. The Morgan fingerprint density at radius 3 is 2.94 bits per heavy atom. The van der Waals surface area contributed by atoms with Crippen LogP contribution in [0.15, 0.2) is 28.7 Å². The molecule has 6 heteroatoms. The van der Waals surface area contributed by atoms with Crippen molar-refractivity contribution < 1.29 is 14.3 Å². The molecule has 1 N–H and O–H groups in total. The molecule has 0 radical (unpaired) electrons. The molecule has 2 aromatic rings. The number of carboxylic acids is 1. The van der Waals surface area contributed by atoms with Crippen molar-refractivity contribution in [3.63, 3.8) is 0 Å². The molecule has 0 saturated carbocycles. The molecular weight excluding hydrogens is 347 g/mol. The van der Waals surface area contributed by atoms with Crippen LogP contribution in [0.2, 0.25) is 0 Å². The fraction of sp³-hybridized carbons (Fsp3) is 0.250. The van der Waals surface area contributed by atoms with Crippen LogP contribution < -0.4 is 0 Å². The quantitative estimate of drug-likeness (QED) is 0.832. The third-order valence-corrected chi connectivity index (χ3v) is 2.99. The lowest BCUT2D eigenvalue weighted by Gasteiger charge is -1.95. The highest BCUT2D eigenvalue weighted by molar-refractivity contribution is 14.1. The summed E-state index contributed by atoms with van der Waals surface area (Å²) in [6.07, 6.45) is 1.10. The number of hydrogen-bond acceptors (Lipinski definition) is 4. The first-order chi connectivity index (χ1) is 8.65. The fourth-order valence-electron chi connectivity index (χ4n) is 1.48. The molecule has 0 atom stereocenters. The molecule has 0 unspecified atom stereocenters. The highest BCUT2D eigenvalue weighted by Crippen LogP contribution is 2.20. The second kappa shape index (κ2) is 5.94. The number of halogens is 1. The van der Waals surface area contributed by atoms with E-state index in [2.05, 4.69) is 32.8 Å². The molecule has 1 aromatic carbocycles. The predicted octanol–water partition coefficient (Wildman–Crippen LogP) is 2.75. The number of benzene rings is 1. The van der Waals surface area contributed by atoms with Crippen LogP contribution in [-0.2, 0) is 11.2 Å². The van der Waals surface area contributed by atoms with Gasteiger partial charge in [-0.25, -0.2) is 0 Å². The first-order valence-electron chi connectivity index (χ1n) is 5.45. The van der Waals surface area contributed by atoms with Gasteiger partial charge in [0, 0.05) is 22.0 Å². The molecule has 0 saturated heterocycles. The van der Waals surface area contributed by atoms with Crippen LogP contribution in [-0.4, -0.2) is 21.3 Å². The Balaban J connectivity index is 2.04. The molecule has 18 heavy (non-hydrogen) atoms. The van der Waals surface area contributed by atoms with Gasteiger partial charge in [-0.3, -0.25) is 4.79 Å². The van der Waals surface area contributed by atoms with Crippen molar-refractivity contribution in [2.45, 2.75) is 19.3 Å². The summed E-state index contributed by atoms with van der Waals surface area (Å²) < 4.78 is 6.58. The van der Waals surface area contributed by atoms with E-state index in [4.69, 9.17) is 9.52 Å². The number of aryl methyl sites for hydroxylation is 1. The molecule has 5 nitrogen and oxygen atoms in total. The highest BCUT2D eigenvalue weighted by atomic mass is 127. The van der Waals surface area contributed by atoms with Crippen molar-refractivity contribution >= 4 is 28.6 Å². The smallest absolute Gasteiger partial charge is 0.303 e. The minimum absolute atomic E-state index is 0.112. The predicted molar refractivity (Wildman–Crippen MR) is 73.0 cm³/mol. The van der Waals surface area contributed by atoms with Gasteiger partial charge < -0.3 is 9.52 Å². The monoisotopic (exact) mass is 358 g/mol. The van der Waals surface area contributed by atoms with Crippen LogP contribution in [0.5, 0.6) is 0 Å². The van der Waals surface area contributed by atoms with Crippen molar-refractivity contribution in [3.05, 3.63) is 33.7 Å². The summed E-state index contributed by atoms with van der Waals surface area (Å²) in [6.45, 7) is 0. The van der Waals surface area contributed by atoms with Gasteiger partial charge in [0.05, 0.1) is 0 Å². The number of rotatable bonds is 5. The first-order valence-corrected chi connectivity index (χ1v) is 6.53. The van der Waals surface area contributed by atoms with Gasteiger partial charge in [0.15, 0.2) is 0 Å². The van der Waals surface area contributed by atoms with Gasteiger partial charge in [0.1, 0.15) is 0 Å². The topological polar surface area (TPSA) is 76.2 Å². The lowest BCUT2D eigenvalue weighted by Crippen LogP contribution is -1.95. The summed E-state index contributed by atoms with van der Waals surface area (Å²) in [7, 11) is 0. The Morgan fingerprint density at radius 2 is 2.22 bits per heavy atom. The summed E-state index contributed by atoms with van der Waals surface area (Å²) in [4.78, 5) is 10.4. The van der Waals surface area contributed by atoms with Crippen LogP contribution in [0, 0.1) is 3.57 Å². The average molecular weight is 358 g/mol. The molecular formula is C12H11IN2O3. The molecule has 94 valence electrons. The van der Waals surface area contributed by atoms with Crippen molar-refractivity contribution in [1.29, 1.82) is 0 Å². The zero-order valence-corrected chi connectivity index (χ0v) is 11.6. The summed E-state index contributed by atoms with van der Waals surface area (Å²) in [5.41, 5.74) is 0.874. The molecule has 0 spiro atoms. The number of aromatic nitrogens is 2. The summed E-state index contributed by atoms with van der Waals surface area (Å²) in [5, 5.41) is 16.4. The molecule has 0 amide bonds. The van der Waals surface area contributed by atoms with Gasteiger partial charge in [0.2, 0.25) is 11.8 Å². The van der Waals surface area contributed by atoms with E-state index in [1.165, 1.54) is 0 Å². The van der Waals surface area contributed by atoms with Crippen molar-refractivity contribution in [2.75, 3.05) is 0 Å². The molecule has 0 aliphatic rings. The van der Waals surface area contributed by atoms with E-state index in [1.54, 1.807) is 0 Å². The maximum absolute atomic E-state index is 10.4. The Labute approximate surface area is 117 Å². The normalized spacial score (nSPS) is 10.5. The van der Waals surface area contributed by atoms with Gasteiger partial charge >= 0.3 is 5.97 Å². The van der Waals surface area contributed by atoms with E-state index in [0.717, 1.165) is 9.13 Å². The maximum atomic E-state index is 10.4. The van der Waals surface area contributed by atoms with Crippen LogP contribution >= 0.6 is 22.6 Å². The molecule has 1 aromatic heterocycles. The van der Waals surface area contributed by atoms with E-state index < -0.39 is 5.97 Å². The van der Waals surface area contributed by atoms with E-state index in [1.807, 2.05) is 24.3 Å². The van der Waals surface area contributed by atoms with Crippen molar-refractivity contribution in [2.24, 2.45) is 0 Å². The summed E-state index contributed by atoms with van der Waals surface area (Å²) in [6, 6.07) is 7.76. The van der Waals surface area contributed by atoms with E-state index in [9.17, 15) is 4.79 Å². The molecule has 0 bridgehead atoms. The average Bonchev–Trinajstić information content (AvgIpc) is 2.77. The van der Waals surface area contributed by atoms with Gasteiger partial charge in [0.25, 0.3) is 0 Å². The van der Waals surface area contributed by atoms with Gasteiger partial charge in [-0.2, -0.15) is 0 Å². The molecule has 0 aliphatic carbocycles. The third-order valence-electron chi connectivity index (χ3n) is 2.32. The van der Waals surface area contributed by atoms with E-state index >= 15 is 0 Å². The minimum atomic E-state index is -0.813. The van der Waals surface area contributed by atoms with E-state index in [0.29, 0.717) is 24.6 Å². The summed E-state index contributed by atoms with van der Waals surface area (Å²) in [5.74, 6) is 0.135. The Morgan fingerprint density at radius 1 is 1.39 bits per heavy atom. The van der Waals surface area contributed by atoms with Crippen molar-refractivity contribution in [1.82, 2.24) is 10.2 Å². The van der Waals surface area contributed by atoms with Crippen LogP contribution in [0.1, 0.15) is 18.7 Å². The number of aliphatic carboxylic acids is 1. The van der Waals surface area contributed by atoms with Gasteiger partial charge in [-0.1, -0.05) is 6.07 Å². The third kappa shape index (κ3) is 3.52. The maximum Gasteiger partial charge on any atom is 0.303 e.